The topological polar surface area (TPSA) is 92.4 Å². The molecule has 2 atom stereocenters. The second-order valence-electron chi connectivity index (χ2n) is 7.66. The van der Waals surface area contributed by atoms with Crippen molar-refractivity contribution in [2.45, 2.75) is 37.3 Å². The lowest BCUT2D eigenvalue weighted by Gasteiger charge is -2.53. The zero-order chi connectivity index (χ0) is 18.8. The van der Waals surface area contributed by atoms with Crippen LogP contribution in [0.3, 0.4) is 0 Å². The molecule has 0 radical (unpaired) electrons. The first-order chi connectivity index (χ1) is 12.4. The van der Waals surface area contributed by atoms with Gasteiger partial charge in [-0.15, -0.1) is 17.9 Å². The predicted molar refractivity (Wildman–Crippen MR) is 101 cm³/mol. The number of piperidine rings is 3. The van der Waals surface area contributed by atoms with Crippen molar-refractivity contribution in [2.75, 3.05) is 26.2 Å². The van der Waals surface area contributed by atoms with Crippen LogP contribution in [0.15, 0.2) is 30.2 Å². The van der Waals surface area contributed by atoms with Gasteiger partial charge in [-0.2, -0.15) is 0 Å². The Morgan fingerprint density at radius 1 is 1.46 bits per heavy atom. The van der Waals surface area contributed by atoms with Crippen LogP contribution in [-0.2, 0) is 15.2 Å². The summed E-state index contributed by atoms with van der Waals surface area (Å²) < 4.78 is 0.837. The van der Waals surface area contributed by atoms with Crippen LogP contribution < -0.4 is 11.1 Å². The van der Waals surface area contributed by atoms with Crippen LogP contribution >= 0.6 is 11.3 Å². The van der Waals surface area contributed by atoms with E-state index in [9.17, 15) is 14.7 Å². The average molecular weight is 379 g/mol. The number of primary amides is 1. The maximum Gasteiger partial charge on any atom is 0.258 e. The molecule has 142 valence electrons. The van der Waals surface area contributed by atoms with E-state index in [0.717, 1.165) is 43.5 Å². The van der Waals surface area contributed by atoms with Crippen LogP contribution in [0, 0.1) is 5.92 Å². The summed E-state index contributed by atoms with van der Waals surface area (Å²) in [5.41, 5.74) is 3.77. The van der Waals surface area contributed by atoms with E-state index < -0.39 is 5.60 Å². The number of nitrogens with zero attached hydrogens (tertiary/aromatic N) is 1. The third kappa shape index (κ3) is 3.70. The summed E-state index contributed by atoms with van der Waals surface area (Å²) in [7, 11) is 0. The fourth-order valence-electron chi connectivity index (χ4n) is 4.43. The van der Waals surface area contributed by atoms with Crippen molar-refractivity contribution < 1.29 is 19.2 Å². The smallest absolute Gasteiger partial charge is 0.258 e. The number of carbonyl (C=O) groups excluding carboxylic acids is 2. The van der Waals surface area contributed by atoms with E-state index in [1.54, 1.807) is 12.1 Å². The van der Waals surface area contributed by atoms with Crippen molar-refractivity contribution >= 4 is 23.2 Å². The molecular weight excluding hydrogens is 350 g/mol. The number of amides is 2. The third-order valence-electron chi connectivity index (χ3n) is 5.99. The minimum atomic E-state index is -1.57. The molecule has 3 aliphatic rings. The number of carbonyl (C=O) groups is 2. The SMILES string of the molecule is C=CCC(O)(C(=O)N[C@H]1C[N+]2(CCC(N)=O)CCC1CC2)c1cccs1. The van der Waals surface area contributed by atoms with Crippen LogP contribution in [0.5, 0.6) is 0 Å². The van der Waals surface area contributed by atoms with Crippen molar-refractivity contribution in [3.63, 3.8) is 0 Å². The number of nitrogens with two attached hydrogens (primary N) is 1. The van der Waals surface area contributed by atoms with Gasteiger partial charge in [-0.1, -0.05) is 12.1 Å². The lowest BCUT2D eigenvalue weighted by atomic mass is 9.81. The largest absolute Gasteiger partial charge is 0.374 e. The van der Waals surface area contributed by atoms with E-state index in [4.69, 9.17) is 5.73 Å². The van der Waals surface area contributed by atoms with Crippen LogP contribution in [0.1, 0.15) is 30.6 Å². The normalized spacial score (nSPS) is 29.7. The van der Waals surface area contributed by atoms with Gasteiger partial charge < -0.3 is 20.6 Å². The fourth-order valence-corrected chi connectivity index (χ4v) is 5.26. The first kappa shape index (κ1) is 19.1. The number of rotatable bonds is 8. The van der Waals surface area contributed by atoms with Crippen molar-refractivity contribution in [1.29, 1.82) is 0 Å². The van der Waals surface area contributed by atoms with E-state index in [0.29, 0.717) is 17.2 Å². The molecule has 0 spiro atoms. The molecule has 4 heterocycles. The summed E-state index contributed by atoms with van der Waals surface area (Å²) in [6.07, 6.45) is 4.20. The van der Waals surface area contributed by atoms with Gasteiger partial charge in [0.05, 0.1) is 38.6 Å². The molecule has 26 heavy (non-hydrogen) atoms. The molecule has 3 aliphatic heterocycles. The second-order valence-corrected chi connectivity index (χ2v) is 8.61. The highest BCUT2D eigenvalue weighted by molar-refractivity contribution is 7.10. The summed E-state index contributed by atoms with van der Waals surface area (Å²) in [5, 5.41) is 16.0. The molecule has 2 amide bonds. The van der Waals surface area contributed by atoms with Gasteiger partial charge in [0, 0.05) is 24.1 Å². The average Bonchev–Trinajstić information content (AvgIpc) is 3.16. The molecule has 1 aromatic heterocycles. The van der Waals surface area contributed by atoms with E-state index in [1.165, 1.54) is 11.3 Å². The maximum absolute atomic E-state index is 13.0. The Labute approximate surface area is 158 Å². The minimum absolute atomic E-state index is 0.0224. The first-order valence-electron chi connectivity index (χ1n) is 9.20. The van der Waals surface area contributed by atoms with Gasteiger partial charge in [-0.3, -0.25) is 9.59 Å². The second kappa shape index (κ2) is 7.50. The van der Waals surface area contributed by atoms with Crippen LogP contribution in [-0.4, -0.2) is 53.6 Å². The molecule has 6 nitrogen and oxygen atoms in total. The molecule has 0 aromatic carbocycles. The minimum Gasteiger partial charge on any atom is -0.374 e. The van der Waals surface area contributed by atoms with Crippen LogP contribution in [0.4, 0.5) is 0 Å². The summed E-state index contributed by atoms with van der Waals surface area (Å²) >= 11 is 1.37. The van der Waals surface area contributed by atoms with E-state index in [1.807, 2.05) is 11.4 Å². The van der Waals surface area contributed by atoms with Crippen molar-refractivity contribution in [2.24, 2.45) is 11.7 Å². The van der Waals surface area contributed by atoms with Crippen molar-refractivity contribution in [1.82, 2.24) is 5.32 Å². The molecule has 1 unspecified atom stereocenters. The number of aliphatic hydroxyl groups is 1. The number of fused-ring (bicyclic) bond motifs is 3. The van der Waals surface area contributed by atoms with Gasteiger partial charge in [-0.25, -0.2) is 0 Å². The third-order valence-corrected chi connectivity index (χ3v) is 7.02. The number of hydrogen-bond acceptors (Lipinski definition) is 4. The Morgan fingerprint density at radius 2 is 2.19 bits per heavy atom. The Bertz CT molecular complexity index is 668. The van der Waals surface area contributed by atoms with E-state index in [-0.39, 0.29) is 24.3 Å². The quantitative estimate of drug-likeness (QED) is 0.467. The molecule has 1 aromatic rings. The van der Waals surface area contributed by atoms with E-state index in [2.05, 4.69) is 11.9 Å². The number of hydrogen-bond donors (Lipinski definition) is 3. The highest BCUT2D eigenvalue weighted by Crippen LogP contribution is 2.36. The molecule has 4 rings (SSSR count). The Kier molecular flexibility index (Phi) is 5.50. The van der Waals surface area contributed by atoms with Crippen LogP contribution in [0.25, 0.3) is 0 Å². The van der Waals surface area contributed by atoms with E-state index >= 15 is 0 Å². The molecule has 0 aliphatic carbocycles. The molecule has 0 saturated carbocycles. The molecule has 7 heteroatoms. The molecule has 3 fully saturated rings. The zero-order valence-electron chi connectivity index (χ0n) is 15.0. The van der Waals surface area contributed by atoms with Crippen LogP contribution in [0.2, 0.25) is 0 Å². The first-order valence-corrected chi connectivity index (χ1v) is 10.1. The monoisotopic (exact) mass is 378 g/mol. The summed E-state index contributed by atoms with van der Waals surface area (Å²) in [5.74, 6) is -0.195. The lowest BCUT2D eigenvalue weighted by Crippen LogP contribution is -2.68. The Morgan fingerprint density at radius 3 is 2.77 bits per heavy atom. The summed E-state index contributed by atoms with van der Waals surface area (Å²) in [6, 6.07) is 3.64. The molecule has 2 bridgehead atoms. The van der Waals surface area contributed by atoms with Gasteiger partial charge in [0.25, 0.3) is 5.91 Å². The van der Waals surface area contributed by atoms with Crippen molar-refractivity contribution in [3.05, 3.63) is 35.0 Å². The summed E-state index contributed by atoms with van der Waals surface area (Å²) in [4.78, 5) is 24.8. The molecule has 3 saturated heterocycles. The maximum atomic E-state index is 13.0. The number of quaternary nitrogens is 1. The Balaban J connectivity index is 1.72. The number of nitrogens with one attached hydrogen (secondary N) is 1. The molecule has 4 N–H and O–H groups in total. The van der Waals surface area contributed by atoms with Crippen molar-refractivity contribution in [3.8, 4) is 0 Å². The van der Waals surface area contributed by atoms with Gasteiger partial charge in [-0.05, 0) is 17.4 Å². The fraction of sp³-hybridized carbons (Fsp3) is 0.579. The van der Waals surface area contributed by atoms with Gasteiger partial charge in [0.2, 0.25) is 5.91 Å². The van der Waals surface area contributed by atoms with Gasteiger partial charge in [0.15, 0.2) is 5.60 Å². The van der Waals surface area contributed by atoms with Gasteiger partial charge >= 0.3 is 0 Å². The lowest BCUT2D eigenvalue weighted by molar-refractivity contribution is -0.943. The summed E-state index contributed by atoms with van der Waals surface area (Å²) in [6.45, 7) is 7.30. The highest BCUT2D eigenvalue weighted by Gasteiger charge is 2.48. The standard InChI is InChI=1S/C19H27N3O3S/c1-2-8-19(25,16-4-3-12-26-16)18(24)21-15-13-22(11-7-17(20)23)9-5-14(15)6-10-22/h2-4,12,14-15,25H,1,5-11,13H2,(H2-,20,21,23,24)/p+1/t14?,15-,19?,22?/m0/s1. The number of thiophene rings is 1. The highest BCUT2D eigenvalue weighted by atomic mass is 32.1. The predicted octanol–water partition coefficient (Wildman–Crippen LogP) is 1.11. The Hall–Kier alpha value is -1.70. The van der Waals surface area contributed by atoms with Gasteiger partial charge in [0.1, 0.15) is 0 Å². The molecular formula is C19H28N3O3S+. The zero-order valence-corrected chi connectivity index (χ0v) is 15.8.